The molecule has 3 amide bonds. The number of hydrogen-bond donors (Lipinski definition) is 10. The molecular weight excluding hydrogens is 612 g/mol. The van der Waals surface area contributed by atoms with E-state index in [0.29, 0.717) is 49.2 Å². The second-order valence-electron chi connectivity index (χ2n) is 11.3. The molecule has 1 aromatic carbocycles. The zero-order chi connectivity index (χ0) is 34.1. The number of nitrogens with one attached hydrogen (secondary N) is 6. The van der Waals surface area contributed by atoms with Crippen LogP contribution < -0.4 is 38.5 Å². The number of benzene rings is 1. The van der Waals surface area contributed by atoms with E-state index in [-0.39, 0.29) is 31.3 Å². The van der Waals surface area contributed by atoms with E-state index in [1.54, 1.807) is 30.5 Å². The molecule has 13 N–H and O–H groups in total. The lowest BCUT2D eigenvalue weighted by Gasteiger charge is -2.26. The summed E-state index contributed by atoms with van der Waals surface area (Å²) in [5.74, 6) is -2.95. The summed E-state index contributed by atoms with van der Waals surface area (Å²) < 4.78 is 0.344. The Balaban J connectivity index is 2.27. The zero-order valence-corrected chi connectivity index (χ0v) is 27.2. The molecule has 0 saturated carbocycles. The molecule has 15 nitrogen and oxygen atoms in total. The van der Waals surface area contributed by atoms with Gasteiger partial charge in [0, 0.05) is 37.3 Å². The lowest BCUT2D eigenvalue weighted by atomic mass is 10.0. The van der Waals surface area contributed by atoms with Crippen LogP contribution in [0.4, 0.5) is 0 Å². The van der Waals surface area contributed by atoms with Crippen LogP contribution in [0.1, 0.15) is 57.2 Å². The standard InChI is InChI=1S/C30H48N10O5S/c1-18(2)36-21(12-8-14-34-29(32)33)25(41)39-23(16-20-17-35-30(46)37-20)27(43)38-22(11-6-7-13-31)26(42)40-24(28(44)45)15-19-9-4-3-5-10-19/h3-5,9-10,17-18,21-24,36H,6-8,11-16,31H2,1-2H3,(H,38,43)(H,39,41)(H,40,42)(H,44,45)(H4,32,33,34)(H2,35,37,46)/t21-,22+,23+,24+/m1/s1. The van der Waals surface area contributed by atoms with Crippen molar-refractivity contribution in [1.29, 1.82) is 0 Å². The highest BCUT2D eigenvalue weighted by Gasteiger charge is 2.31. The fourth-order valence-corrected chi connectivity index (χ4v) is 4.92. The maximum atomic E-state index is 13.8. The van der Waals surface area contributed by atoms with Crippen molar-refractivity contribution < 1.29 is 24.3 Å². The van der Waals surface area contributed by atoms with Gasteiger partial charge < -0.3 is 53.5 Å². The van der Waals surface area contributed by atoms with Crippen molar-refractivity contribution in [1.82, 2.24) is 31.2 Å². The number of carbonyl (C=O) groups is 4. The third-order valence-electron chi connectivity index (χ3n) is 6.98. The van der Waals surface area contributed by atoms with Crippen LogP contribution in [0.3, 0.4) is 0 Å². The van der Waals surface area contributed by atoms with Crippen LogP contribution in [0, 0.1) is 4.77 Å². The van der Waals surface area contributed by atoms with Crippen molar-refractivity contribution >= 4 is 41.9 Å². The number of hydrogen-bond acceptors (Lipinski definition) is 8. The molecule has 0 aliphatic rings. The third kappa shape index (κ3) is 14.2. The van der Waals surface area contributed by atoms with Gasteiger partial charge in [0.1, 0.15) is 18.1 Å². The van der Waals surface area contributed by atoms with Gasteiger partial charge in [-0.05, 0) is 56.4 Å². The Morgan fingerprint density at radius 3 is 2.07 bits per heavy atom. The fourth-order valence-electron chi connectivity index (χ4n) is 4.73. The van der Waals surface area contributed by atoms with Gasteiger partial charge >= 0.3 is 5.97 Å². The second-order valence-corrected chi connectivity index (χ2v) is 11.7. The highest BCUT2D eigenvalue weighted by molar-refractivity contribution is 7.71. The van der Waals surface area contributed by atoms with Gasteiger partial charge in [0.15, 0.2) is 10.7 Å². The number of H-pyrrole nitrogens is 2. The lowest BCUT2D eigenvalue weighted by molar-refractivity contribution is -0.142. The maximum absolute atomic E-state index is 13.8. The molecule has 2 rings (SSSR count). The Hall–Kier alpha value is -4.28. The molecule has 0 spiro atoms. The number of unbranched alkanes of at least 4 members (excludes halogenated alkanes) is 1. The van der Waals surface area contributed by atoms with Gasteiger partial charge in [-0.1, -0.05) is 44.2 Å². The average Bonchev–Trinajstić information content (AvgIpc) is 3.41. The molecule has 0 bridgehead atoms. The molecule has 0 aliphatic heterocycles. The molecule has 1 heterocycles. The number of nitrogens with zero attached hydrogens (tertiary/aromatic N) is 1. The number of aromatic amines is 2. The summed E-state index contributed by atoms with van der Waals surface area (Å²) in [6.07, 6.45) is 3.90. The topological polar surface area (TPSA) is 259 Å². The summed E-state index contributed by atoms with van der Waals surface area (Å²) >= 11 is 5.13. The number of carboxylic acids is 1. The Bertz CT molecular complexity index is 1340. The summed E-state index contributed by atoms with van der Waals surface area (Å²) in [5, 5.41) is 21.2. The monoisotopic (exact) mass is 660 g/mol. The molecule has 0 aliphatic carbocycles. The van der Waals surface area contributed by atoms with E-state index in [1.807, 2.05) is 19.9 Å². The maximum Gasteiger partial charge on any atom is 0.326 e. The highest BCUT2D eigenvalue weighted by atomic mass is 32.1. The number of amides is 3. The lowest BCUT2D eigenvalue weighted by Crippen LogP contribution is -2.58. The van der Waals surface area contributed by atoms with Gasteiger partial charge in [0.05, 0.1) is 6.04 Å². The first-order valence-corrected chi connectivity index (χ1v) is 15.8. The van der Waals surface area contributed by atoms with Crippen molar-refractivity contribution in [3.8, 4) is 0 Å². The van der Waals surface area contributed by atoms with Gasteiger partial charge in [0.25, 0.3) is 0 Å². The largest absolute Gasteiger partial charge is 0.480 e. The molecule has 0 fully saturated rings. The number of guanidine groups is 1. The number of aliphatic carboxylic acids is 1. The fraction of sp³-hybridized carbons (Fsp3) is 0.533. The van der Waals surface area contributed by atoms with Crippen LogP contribution in [-0.2, 0) is 32.0 Å². The number of aromatic nitrogens is 2. The molecule has 1 aromatic heterocycles. The minimum Gasteiger partial charge on any atom is -0.480 e. The first-order chi connectivity index (χ1) is 21.9. The Morgan fingerprint density at radius 1 is 0.870 bits per heavy atom. The average molecular weight is 661 g/mol. The first kappa shape index (κ1) is 37.9. The van der Waals surface area contributed by atoms with Gasteiger partial charge in [-0.2, -0.15) is 0 Å². The summed E-state index contributed by atoms with van der Waals surface area (Å²) in [4.78, 5) is 62.5. The van der Waals surface area contributed by atoms with Crippen LogP contribution >= 0.6 is 12.2 Å². The van der Waals surface area contributed by atoms with E-state index in [1.165, 1.54) is 0 Å². The minimum atomic E-state index is -1.22. The molecule has 0 saturated heterocycles. The molecule has 16 heteroatoms. The SMILES string of the molecule is CC(C)N[C@H](CCCN=C(N)N)C(=O)N[C@@H](Cc1c[nH]c(=S)[nH]1)C(=O)N[C@@H](CCCCN)C(=O)N[C@@H](Cc1ccccc1)C(=O)O. The number of carbonyl (C=O) groups excluding carboxylic acids is 3. The smallest absolute Gasteiger partial charge is 0.326 e. The van der Waals surface area contributed by atoms with E-state index in [9.17, 15) is 24.3 Å². The quantitative estimate of drug-likeness (QED) is 0.0369. The predicted molar refractivity (Wildman–Crippen MR) is 178 cm³/mol. The Kier molecular flexibility index (Phi) is 16.5. The Morgan fingerprint density at radius 2 is 1.48 bits per heavy atom. The molecule has 2 aromatic rings. The number of nitrogens with two attached hydrogens (primary N) is 3. The van der Waals surface area contributed by atoms with Crippen LogP contribution in [0.15, 0.2) is 41.5 Å². The van der Waals surface area contributed by atoms with Gasteiger partial charge in [-0.15, -0.1) is 0 Å². The number of rotatable bonds is 21. The highest BCUT2D eigenvalue weighted by Crippen LogP contribution is 2.09. The van der Waals surface area contributed by atoms with Gasteiger partial charge in [-0.25, -0.2) is 4.79 Å². The summed E-state index contributed by atoms with van der Waals surface area (Å²) in [6.45, 7) is 4.50. The van der Waals surface area contributed by atoms with E-state index in [0.717, 1.165) is 5.56 Å². The Labute approximate surface area is 273 Å². The van der Waals surface area contributed by atoms with Crippen molar-refractivity contribution in [3.05, 3.63) is 52.6 Å². The van der Waals surface area contributed by atoms with E-state index < -0.39 is 47.9 Å². The van der Waals surface area contributed by atoms with Crippen LogP contribution in [-0.4, -0.2) is 88.0 Å². The number of imidazole rings is 1. The van der Waals surface area contributed by atoms with Crippen LogP contribution in [0.5, 0.6) is 0 Å². The number of carboxylic acid groups (broad SMARTS) is 1. The molecule has 254 valence electrons. The van der Waals surface area contributed by atoms with Crippen molar-refractivity contribution in [3.63, 3.8) is 0 Å². The predicted octanol–water partition coefficient (Wildman–Crippen LogP) is -0.0543. The van der Waals surface area contributed by atoms with Crippen molar-refractivity contribution in [2.75, 3.05) is 13.1 Å². The summed E-state index contributed by atoms with van der Waals surface area (Å²) in [6, 6.07) is 4.80. The third-order valence-corrected chi connectivity index (χ3v) is 7.20. The van der Waals surface area contributed by atoms with Crippen LogP contribution in [0.25, 0.3) is 0 Å². The molecule has 0 unspecified atom stereocenters. The first-order valence-electron chi connectivity index (χ1n) is 15.4. The second kappa shape index (κ2) is 20.0. The molecular formula is C30H48N10O5S. The van der Waals surface area contributed by atoms with Crippen molar-refractivity contribution in [2.45, 2.75) is 89.0 Å². The molecule has 4 atom stereocenters. The molecule has 0 radical (unpaired) electrons. The summed E-state index contributed by atoms with van der Waals surface area (Å²) in [7, 11) is 0. The zero-order valence-electron chi connectivity index (χ0n) is 26.4. The van der Waals surface area contributed by atoms with Gasteiger partial charge in [0.2, 0.25) is 17.7 Å². The van der Waals surface area contributed by atoms with E-state index >= 15 is 0 Å². The van der Waals surface area contributed by atoms with Crippen LogP contribution in [0.2, 0.25) is 0 Å². The molecule has 46 heavy (non-hydrogen) atoms. The minimum absolute atomic E-state index is 0.0377. The summed E-state index contributed by atoms with van der Waals surface area (Å²) in [5.41, 5.74) is 17.8. The number of aliphatic imine (C=N–C) groups is 1. The van der Waals surface area contributed by atoms with E-state index in [2.05, 4.69) is 36.2 Å². The normalized spacial score (nSPS) is 13.7. The van der Waals surface area contributed by atoms with Gasteiger partial charge in [-0.3, -0.25) is 19.4 Å². The van der Waals surface area contributed by atoms with Crippen molar-refractivity contribution in [2.24, 2.45) is 22.2 Å². The van der Waals surface area contributed by atoms with E-state index in [4.69, 9.17) is 29.4 Å².